The van der Waals surface area contributed by atoms with Gasteiger partial charge >= 0.3 is 0 Å². The van der Waals surface area contributed by atoms with E-state index in [9.17, 15) is 9.59 Å². The molecule has 0 bridgehead atoms. The molecule has 0 radical (unpaired) electrons. The Labute approximate surface area is 213 Å². The molecule has 5 heteroatoms. The maximum Gasteiger partial charge on any atom is 0.242 e. The number of hydrogen-bond donors (Lipinski definition) is 0. The minimum Gasteiger partial charge on any atom is -0.333 e. The van der Waals surface area contributed by atoms with E-state index in [1.54, 1.807) is 11.3 Å². The first kappa shape index (κ1) is 25.2. The molecule has 2 atom stereocenters. The van der Waals surface area contributed by atoms with E-state index in [-0.39, 0.29) is 30.3 Å². The molecule has 0 fully saturated rings. The van der Waals surface area contributed by atoms with Gasteiger partial charge in [0.25, 0.3) is 0 Å². The molecular formula is C30H36N2O2S. The van der Waals surface area contributed by atoms with Gasteiger partial charge in [-0.1, -0.05) is 80.4 Å². The second kappa shape index (κ2) is 11.7. The molecule has 35 heavy (non-hydrogen) atoms. The van der Waals surface area contributed by atoms with E-state index >= 15 is 0 Å². The van der Waals surface area contributed by atoms with Crippen LogP contribution >= 0.6 is 11.3 Å². The number of nitrogens with zero attached hydrogens (tertiary/aromatic N) is 2. The Morgan fingerprint density at radius 1 is 1.06 bits per heavy atom. The van der Waals surface area contributed by atoms with Crippen molar-refractivity contribution >= 4 is 23.2 Å². The lowest BCUT2D eigenvalue weighted by molar-refractivity contribution is -0.142. The topological polar surface area (TPSA) is 40.6 Å². The first-order valence-electron chi connectivity index (χ1n) is 12.8. The van der Waals surface area contributed by atoms with Crippen molar-refractivity contribution < 1.29 is 9.59 Å². The highest BCUT2D eigenvalue weighted by molar-refractivity contribution is 7.10. The highest BCUT2D eigenvalue weighted by Crippen LogP contribution is 2.38. The van der Waals surface area contributed by atoms with E-state index in [0.29, 0.717) is 19.5 Å². The number of benzene rings is 2. The number of fused-ring (bicyclic) bond motifs is 1. The van der Waals surface area contributed by atoms with E-state index in [0.717, 1.165) is 30.4 Å². The normalized spacial score (nSPS) is 16.0. The van der Waals surface area contributed by atoms with Crippen LogP contribution in [0.5, 0.6) is 0 Å². The molecule has 1 aliphatic rings. The van der Waals surface area contributed by atoms with Crippen molar-refractivity contribution in [2.75, 3.05) is 19.6 Å². The molecule has 0 saturated heterocycles. The van der Waals surface area contributed by atoms with Crippen molar-refractivity contribution in [1.82, 2.24) is 9.80 Å². The van der Waals surface area contributed by atoms with Crippen molar-refractivity contribution in [2.24, 2.45) is 0 Å². The Hall–Kier alpha value is -2.92. The third-order valence-electron chi connectivity index (χ3n) is 7.01. The van der Waals surface area contributed by atoms with E-state index in [1.165, 1.54) is 16.0 Å². The average Bonchev–Trinajstić information content (AvgIpc) is 3.36. The summed E-state index contributed by atoms with van der Waals surface area (Å²) in [4.78, 5) is 32.7. The summed E-state index contributed by atoms with van der Waals surface area (Å²) in [7, 11) is 0. The Morgan fingerprint density at radius 2 is 1.80 bits per heavy atom. The molecule has 2 aromatic carbocycles. The van der Waals surface area contributed by atoms with Crippen LogP contribution in [0.25, 0.3) is 0 Å². The summed E-state index contributed by atoms with van der Waals surface area (Å²) in [6, 6.07) is 20.5. The Balaban J connectivity index is 1.60. The number of unbranched alkanes of at least 4 members (excludes halogenated alkanes) is 1. The molecule has 184 valence electrons. The number of amides is 2. The molecule has 4 rings (SSSR count). The third-order valence-corrected chi connectivity index (χ3v) is 8.00. The van der Waals surface area contributed by atoms with Crippen molar-refractivity contribution in [3.8, 4) is 0 Å². The fourth-order valence-corrected chi connectivity index (χ4v) is 5.93. The molecule has 2 amide bonds. The minimum atomic E-state index is -0.224. The van der Waals surface area contributed by atoms with Crippen molar-refractivity contribution in [3.63, 3.8) is 0 Å². The fraction of sp³-hybridized carbons (Fsp3) is 0.400. The van der Waals surface area contributed by atoms with Gasteiger partial charge in [-0.25, -0.2) is 0 Å². The number of carbonyl (C=O) groups is 2. The van der Waals surface area contributed by atoms with E-state index in [4.69, 9.17) is 0 Å². The highest BCUT2D eigenvalue weighted by atomic mass is 32.1. The maximum atomic E-state index is 13.8. The smallest absolute Gasteiger partial charge is 0.242 e. The molecule has 2 unspecified atom stereocenters. The quantitative estimate of drug-likeness (QED) is 0.352. The van der Waals surface area contributed by atoms with Crippen molar-refractivity contribution in [2.45, 2.75) is 58.4 Å². The molecule has 1 aliphatic heterocycles. The highest BCUT2D eigenvalue weighted by Gasteiger charge is 2.34. The molecular weight excluding hydrogens is 452 g/mol. The zero-order valence-corrected chi connectivity index (χ0v) is 21.9. The van der Waals surface area contributed by atoms with E-state index in [1.807, 2.05) is 47.1 Å². The standard InChI is InChI=1S/C30H36N2O2S/c1-4-6-18-31(30(34)25(5-2)23-10-8-7-9-11-23)21-28(33)32-19-16-27-26(17-20-35-27)29(32)24-14-12-22(3)13-15-24/h7-15,17,20,25,29H,4-6,16,18-19,21H2,1-3H3. The largest absolute Gasteiger partial charge is 0.333 e. The number of rotatable bonds is 9. The molecule has 0 N–H and O–H groups in total. The Kier molecular flexibility index (Phi) is 8.40. The molecule has 2 heterocycles. The fourth-order valence-electron chi connectivity index (χ4n) is 5.02. The second-order valence-electron chi connectivity index (χ2n) is 9.43. The lowest BCUT2D eigenvalue weighted by Crippen LogP contribution is -2.47. The summed E-state index contributed by atoms with van der Waals surface area (Å²) in [6.45, 7) is 7.66. The summed E-state index contributed by atoms with van der Waals surface area (Å²) in [5, 5.41) is 2.13. The van der Waals surface area contributed by atoms with Gasteiger partial charge in [-0.05, 0) is 54.3 Å². The predicted octanol–water partition coefficient (Wildman–Crippen LogP) is 6.35. The van der Waals surface area contributed by atoms with Crippen LogP contribution in [0.1, 0.15) is 72.2 Å². The first-order chi connectivity index (χ1) is 17.0. The second-order valence-corrected chi connectivity index (χ2v) is 10.4. The van der Waals surface area contributed by atoms with Crippen LogP contribution in [-0.2, 0) is 16.0 Å². The van der Waals surface area contributed by atoms with Gasteiger partial charge in [0.15, 0.2) is 0 Å². The van der Waals surface area contributed by atoms with Gasteiger partial charge in [0.05, 0.1) is 18.5 Å². The van der Waals surface area contributed by atoms with E-state index in [2.05, 4.69) is 49.6 Å². The van der Waals surface area contributed by atoms with Gasteiger partial charge < -0.3 is 9.80 Å². The molecule has 1 aromatic heterocycles. The summed E-state index contributed by atoms with van der Waals surface area (Å²) in [6.07, 6.45) is 3.45. The van der Waals surface area contributed by atoms with Crippen LogP contribution < -0.4 is 0 Å². The number of thiophene rings is 1. The number of carbonyl (C=O) groups excluding carboxylic acids is 2. The molecule has 0 spiro atoms. The average molecular weight is 489 g/mol. The summed E-state index contributed by atoms with van der Waals surface area (Å²) >= 11 is 1.77. The number of hydrogen-bond acceptors (Lipinski definition) is 3. The van der Waals surface area contributed by atoms with Gasteiger partial charge in [-0.2, -0.15) is 0 Å². The van der Waals surface area contributed by atoms with Gasteiger partial charge in [0.2, 0.25) is 11.8 Å². The summed E-state index contributed by atoms with van der Waals surface area (Å²) < 4.78 is 0. The van der Waals surface area contributed by atoms with Gasteiger partial charge in [0, 0.05) is 18.0 Å². The van der Waals surface area contributed by atoms with Crippen LogP contribution in [0, 0.1) is 6.92 Å². The first-order valence-corrected chi connectivity index (χ1v) is 13.7. The van der Waals surface area contributed by atoms with Crippen molar-refractivity contribution in [3.05, 3.63) is 93.2 Å². The molecule has 3 aromatic rings. The predicted molar refractivity (Wildman–Crippen MR) is 144 cm³/mol. The number of aryl methyl sites for hydroxylation is 1. The Bertz CT molecular complexity index is 1120. The van der Waals surface area contributed by atoms with E-state index < -0.39 is 0 Å². The van der Waals surface area contributed by atoms with Crippen LogP contribution in [0.15, 0.2) is 66.0 Å². The monoisotopic (exact) mass is 488 g/mol. The Morgan fingerprint density at radius 3 is 2.49 bits per heavy atom. The zero-order valence-electron chi connectivity index (χ0n) is 21.1. The molecule has 0 aliphatic carbocycles. The third kappa shape index (κ3) is 5.67. The maximum absolute atomic E-state index is 13.8. The lowest BCUT2D eigenvalue weighted by atomic mass is 9.92. The zero-order chi connectivity index (χ0) is 24.8. The lowest BCUT2D eigenvalue weighted by Gasteiger charge is -2.38. The van der Waals surface area contributed by atoms with Crippen LogP contribution in [0.3, 0.4) is 0 Å². The van der Waals surface area contributed by atoms with Crippen molar-refractivity contribution in [1.29, 1.82) is 0 Å². The van der Waals surface area contributed by atoms with Crippen LogP contribution in [0.2, 0.25) is 0 Å². The van der Waals surface area contributed by atoms with Gasteiger partial charge in [-0.15, -0.1) is 11.3 Å². The minimum absolute atomic E-state index is 0.0276. The van der Waals surface area contributed by atoms with Gasteiger partial charge in [0.1, 0.15) is 0 Å². The summed E-state index contributed by atoms with van der Waals surface area (Å²) in [5.41, 5.74) is 4.58. The SMILES string of the molecule is CCCCN(CC(=O)N1CCc2sccc2C1c1ccc(C)cc1)C(=O)C(CC)c1ccccc1. The molecule has 0 saturated carbocycles. The van der Waals surface area contributed by atoms with Gasteiger partial charge in [-0.3, -0.25) is 9.59 Å². The molecule has 4 nitrogen and oxygen atoms in total. The van der Waals surface area contributed by atoms with Crippen LogP contribution in [-0.4, -0.2) is 41.2 Å². The van der Waals surface area contributed by atoms with Crippen LogP contribution in [0.4, 0.5) is 0 Å². The summed E-state index contributed by atoms with van der Waals surface area (Å²) in [5.74, 6) is -0.140.